The predicted molar refractivity (Wildman–Crippen MR) is 72.1 cm³/mol. The van der Waals surface area contributed by atoms with Crippen LogP contribution in [0.15, 0.2) is 5.38 Å². The van der Waals surface area contributed by atoms with E-state index in [1.807, 2.05) is 12.3 Å². The zero-order valence-electron chi connectivity index (χ0n) is 10.9. The van der Waals surface area contributed by atoms with Crippen LogP contribution in [0.3, 0.4) is 0 Å². The molecule has 1 aliphatic carbocycles. The summed E-state index contributed by atoms with van der Waals surface area (Å²) in [6.07, 6.45) is 3.93. The standard InChI is InChI=1S/C13H18N2O3S/c1-9-14-10(8-19-9)7-11(16)15-13(12(17)18)5-3-2-4-6-13/h8H,2-7H2,1H3,(H,15,16)(H,17,18). The number of rotatable bonds is 4. The molecule has 0 atom stereocenters. The lowest BCUT2D eigenvalue weighted by Gasteiger charge is -2.33. The molecule has 1 aliphatic rings. The molecule has 0 saturated heterocycles. The second-order valence-electron chi connectivity index (χ2n) is 5.03. The van der Waals surface area contributed by atoms with Crippen molar-refractivity contribution in [2.24, 2.45) is 0 Å². The van der Waals surface area contributed by atoms with Gasteiger partial charge in [0.1, 0.15) is 5.54 Å². The zero-order valence-corrected chi connectivity index (χ0v) is 11.8. The Balaban J connectivity index is 2.01. The molecule has 0 aromatic carbocycles. The number of thiazole rings is 1. The Labute approximate surface area is 116 Å². The zero-order chi connectivity index (χ0) is 13.9. The molecule has 104 valence electrons. The summed E-state index contributed by atoms with van der Waals surface area (Å²) in [6.45, 7) is 1.88. The van der Waals surface area contributed by atoms with Crippen molar-refractivity contribution in [1.82, 2.24) is 10.3 Å². The van der Waals surface area contributed by atoms with Crippen molar-refractivity contribution in [3.63, 3.8) is 0 Å². The molecule has 0 bridgehead atoms. The van der Waals surface area contributed by atoms with Crippen LogP contribution >= 0.6 is 11.3 Å². The summed E-state index contributed by atoms with van der Waals surface area (Å²) in [7, 11) is 0. The Morgan fingerprint density at radius 3 is 2.63 bits per heavy atom. The van der Waals surface area contributed by atoms with E-state index < -0.39 is 11.5 Å². The Morgan fingerprint density at radius 2 is 2.11 bits per heavy atom. The highest BCUT2D eigenvalue weighted by atomic mass is 32.1. The highest BCUT2D eigenvalue weighted by Gasteiger charge is 2.40. The Morgan fingerprint density at radius 1 is 1.42 bits per heavy atom. The Bertz CT molecular complexity index is 478. The van der Waals surface area contributed by atoms with E-state index in [9.17, 15) is 14.7 Å². The van der Waals surface area contributed by atoms with Gasteiger partial charge in [-0.15, -0.1) is 11.3 Å². The molecular formula is C13H18N2O3S. The van der Waals surface area contributed by atoms with Crippen molar-refractivity contribution in [2.75, 3.05) is 0 Å². The van der Waals surface area contributed by atoms with E-state index in [4.69, 9.17) is 0 Å². The summed E-state index contributed by atoms with van der Waals surface area (Å²) in [5.74, 6) is -1.18. The minimum atomic E-state index is -1.07. The summed E-state index contributed by atoms with van der Waals surface area (Å²) in [5, 5.41) is 14.8. The summed E-state index contributed by atoms with van der Waals surface area (Å²) >= 11 is 1.49. The van der Waals surface area contributed by atoms with Gasteiger partial charge in [-0.3, -0.25) is 4.79 Å². The first-order valence-electron chi connectivity index (χ1n) is 6.47. The number of carbonyl (C=O) groups is 2. The molecule has 2 rings (SSSR count). The second kappa shape index (κ2) is 5.69. The molecule has 0 unspecified atom stereocenters. The maximum Gasteiger partial charge on any atom is 0.329 e. The minimum Gasteiger partial charge on any atom is -0.480 e. The van der Waals surface area contributed by atoms with Crippen molar-refractivity contribution < 1.29 is 14.7 Å². The molecule has 1 amide bonds. The van der Waals surface area contributed by atoms with Crippen LogP contribution in [0.2, 0.25) is 0 Å². The lowest BCUT2D eigenvalue weighted by Crippen LogP contribution is -2.56. The molecule has 1 heterocycles. The first-order valence-corrected chi connectivity index (χ1v) is 7.35. The van der Waals surface area contributed by atoms with Crippen LogP contribution in [-0.4, -0.2) is 27.5 Å². The van der Waals surface area contributed by atoms with Crippen LogP contribution in [0.4, 0.5) is 0 Å². The van der Waals surface area contributed by atoms with Crippen molar-refractivity contribution in [3.8, 4) is 0 Å². The van der Waals surface area contributed by atoms with E-state index in [1.165, 1.54) is 11.3 Å². The van der Waals surface area contributed by atoms with E-state index >= 15 is 0 Å². The van der Waals surface area contributed by atoms with Gasteiger partial charge < -0.3 is 10.4 Å². The number of hydrogen-bond acceptors (Lipinski definition) is 4. The molecule has 1 aromatic heterocycles. The van der Waals surface area contributed by atoms with E-state index in [1.54, 1.807) is 0 Å². The molecule has 0 radical (unpaired) electrons. The number of aliphatic carboxylic acids is 1. The fourth-order valence-corrected chi connectivity index (χ4v) is 3.13. The summed E-state index contributed by atoms with van der Waals surface area (Å²) in [4.78, 5) is 27.7. The monoisotopic (exact) mass is 282 g/mol. The molecule has 1 aromatic rings. The molecule has 0 spiro atoms. The van der Waals surface area contributed by atoms with E-state index in [-0.39, 0.29) is 12.3 Å². The Kier molecular flexibility index (Phi) is 4.19. The molecule has 0 aliphatic heterocycles. The summed E-state index contributed by atoms with van der Waals surface area (Å²) in [5.41, 5.74) is -0.364. The van der Waals surface area contributed by atoms with Gasteiger partial charge in [-0.1, -0.05) is 19.3 Å². The number of nitrogens with zero attached hydrogens (tertiary/aromatic N) is 1. The number of amides is 1. The van der Waals surface area contributed by atoms with Crippen LogP contribution in [0.1, 0.15) is 42.8 Å². The number of hydrogen-bond donors (Lipinski definition) is 2. The highest BCUT2D eigenvalue weighted by Crippen LogP contribution is 2.28. The van der Waals surface area contributed by atoms with Gasteiger partial charge in [0.05, 0.1) is 17.1 Å². The number of carboxylic acids is 1. The number of carbonyl (C=O) groups excluding carboxylic acids is 1. The number of carboxylic acid groups (broad SMARTS) is 1. The highest BCUT2D eigenvalue weighted by molar-refractivity contribution is 7.09. The third-order valence-corrected chi connectivity index (χ3v) is 4.33. The average Bonchev–Trinajstić information content (AvgIpc) is 2.75. The molecule has 1 saturated carbocycles. The second-order valence-corrected chi connectivity index (χ2v) is 6.09. The molecule has 6 heteroatoms. The first-order chi connectivity index (χ1) is 9.02. The lowest BCUT2D eigenvalue weighted by molar-refractivity contribution is -0.149. The van der Waals surface area contributed by atoms with Crippen molar-refractivity contribution >= 4 is 23.2 Å². The van der Waals surface area contributed by atoms with Crippen LogP contribution in [0, 0.1) is 6.92 Å². The van der Waals surface area contributed by atoms with Crippen molar-refractivity contribution in [3.05, 3.63) is 16.1 Å². The third kappa shape index (κ3) is 3.32. The lowest BCUT2D eigenvalue weighted by atomic mass is 9.81. The van der Waals surface area contributed by atoms with Crippen LogP contribution < -0.4 is 5.32 Å². The smallest absolute Gasteiger partial charge is 0.329 e. The topological polar surface area (TPSA) is 79.3 Å². The fourth-order valence-electron chi connectivity index (χ4n) is 2.51. The molecule has 2 N–H and O–H groups in total. The van der Waals surface area contributed by atoms with Gasteiger partial charge in [0.25, 0.3) is 0 Å². The van der Waals surface area contributed by atoms with Crippen LogP contribution in [0.25, 0.3) is 0 Å². The quantitative estimate of drug-likeness (QED) is 0.884. The average molecular weight is 282 g/mol. The van der Waals surface area contributed by atoms with Gasteiger partial charge in [-0.2, -0.15) is 0 Å². The number of aryl methyl sites for hydroxylation is 1. The molecule has 19 heavy (non-hydrogen) atoms. The molecule has 1 fully saturated rings. The Hall–Kier alpha value is -1.43. The van der Waals surface area contributed by atoms with E-state index in [0.29, 0.717) is 18.5 Å². The number of nitrogens with one attached hydrogen (secondary N) is 1. The van der Waals surface area contributed by atoms with Gasteiger partial charge >= 0.3 is 5.97 Å². The van der Waals surface area contributed by atoms with Gasteiger partial charge in [-0.25, -0.2) is 9.78 Å². The number of aromatic nitrogens is 1. The van der Waals surface area contributed by atoms with E-state index in [2.05, 4.69) is 10.3 Å². The normalized spacial score (nSPS) is 17.9. The van der Waals surface area contributed by atoms with Gasteiger partial charge in [0.2, 0.25) is 5.91 Å². The predicted octanol–water partition coefficient (Wildman–Crippen LogP) is 1.90. The first kappa shape index (κ1) is 14.0. The molecular weight excluding hydrogens is 264 g/mol. The van der Waals surface area contributed by atoms with Crippen LogP contribution in [-0.2, 0) is 16.0 Å². The maximum atomic E-state index is 12.0. The van der Waals surface area contributed by atoms with Gasteiger partial charge in [0, 0.05) is 5.38 Å². The maximum absolute atomic E-state index is 12.0. The summed E-state index contributed by atoms with van der Waals surface area (Å²) in [6, 6.07) is 0. The third-order valence-electron chi connectivity index (χ3n) is 3.50. The minimum absolute atomic E-state index is 0.152. The fraction of sp³-hybridized carbons (Fsp3) is 0.615. The van der Waals surface area contributed by atoms with Crippen LogP contribution in [0.5, 0.6) is 0 Å². The van der Waals surface area contributed by atoms with Gasteiger partial charge in [0.15, 0.2) is 0 Å². The van der Waals surface area contributed by atoms with Gasteiger partial charge in [-0.05, 0) is 19.8 Å². The largest absolute Gasteiger partial charge is 0.480 e. The van der Waals surface area contributed by atoms with Crippen molar-refractivity contribution in [2.45, 2.75) is 51.0 Å². The van der Waals surface area contributed by atoms with E-state index in [0.717, 1.165) is 24.3 Å². The summed E-state index contributed by atoms with van der Waals surface area (Å²) < 4.78 is 0. The molecule has 5 nitrogen and oxygen atoms in total. The van der Waals surface area contributed by atoms with Crippen molar-refractivity contribution in [1.29, 1.82) is 0 Å². The SMILES string of the molecule is Cc1nc(CC(=O)NC2(C(=O)O)CCCCC2)cs1.